The highest BCUT2D eigenvalue weighted by molar-refractivity contribution is 5.81. The minimum Gasteiger partial charge on any atom is -0.496 e. The van der Waals surface area contributed by atoms with Crippen LogP contribution in [0.15, 0.2) is 42.5 Å². The number of hydrogen-bond acceptors (Lipinski definition) is 5. The molecule has 0 radical (unpaired) electrons. The van der Waals surface area contributed by atoms with Crippen molar-refractivity contribution in [2.75, 3.05) is 41.0 Å². The van der Waals surface area contributed by atoms with Crippen LogP contribution in [0, 0.1) is 0 Å². The normalized spacial score (nSPS) is 13.9. The molecule has 0 bridgehead atoms. The lowest BCUT2D eigenvalue weighted by molar-refractivity contribution is -0.137. The van der Waals surface area contributed by atoms with Gasteiger partial charge in [0.05, 0.1) is 32.5 Å². The molecule has 0 atom stereocenters. The van der Waals surface area contributed by atoms with E-state index in [9.17, 15) is 18.0 Å². The molecule has 0 unspecified atom stereocenters. The number of methoxy groups -OCH3 is 3. The number of benzene rings is 2. The van der Waals surface area contributed by atoms with Crippen LogP contribution in [0.3, 0.4) is 0 Å². The molecule has 172 valence electrons. The number of carbonyl (C=O) groups is 1. The number of amides is 1. The third-order valence-corrected chi connectivity index (χ3v) is 5.14. The summed E-state index contributed by atoms with van der Waals surface area (Å²) in [7, 11) is 4.69. The summed E-state index contributed by atoms with van der Waals surface area (Å²) in [4.78, 5) is 14.1. The fraction of sp³-hybridized carbons (Fsp3) is 0.348. The zero-order chi connectivity index (χ0) is 23.3. The first-order valence-corrected chi connectivity index (χ1v) is 9.84. The van der Waals surface area contributed by atoms with Gasteiger partial charge in [0.2, 0.25) is 0 Å². The van der Waals surface area contributed by atoms with Crippen molar-refractivity contribution in [3.63, 3.8) is 0 Å². The van der Waals surface area contributed by atoms with Crippen molar-refractivity contribution in [3.05, 3.63) is 53.6 Å². The topological polar surface area (TPSA) is 57.2 Å². The van der Waals surface area contributed by atoms with Gasteiger partial charge in [0, 0.05) is 25.2 Å². The van der Waals surface area contributed by atoms with E-state index in [0.29, 0.717) is 36.8 Å². The molecule has 2 aromatic rings. The number of hydrogen-bond donors (Lipinski definition) is 0. The van der Waals surface area contributed by atoms with Crippen molar-refractivity contribution in [2.24, 2.45) is 0 Å². The smallest absolute Gasteiger partial charge is 0.416 e. The van der Waals surface area contributed by atoms with Crippen LogP contribution in [0.2, 0.25) is 0 Å². The van der Waals surface area contributed by atoms with Crippen molar-refractivity contribution in [2.45, 2.75) is 12.6 Å². The summed E-state index contributed by atoms with van der Waals surface area (Å²) >= 11 is 0. The van der Waals surface area contributed by atoms with Crippen LogP contribution in [0.25, 0.3) is 5.57 Å². The van der Waals surface area contributed by atoms with Gasteiger partial charge in [-0.3, -0.25) is 4.79 Å². The molecule has 1 aliphatic rings. The van der Waals surface area contributed by atoms with Crippen LogP contribution >= 0.6 is 0 Å². The van der Waals surface area contributed by atoms with Crippen molar-refractivity contribution in [1.82, 2.24) is 4.90 Å². The highest BCUT2D eigenvalue weighted by Gasteiger charge is 2.30. The molecule has 32 heavy (non-hydrogen) atoms. The molecule has 1 heterocycles. The second-order valence-electron chi connectivity index (χ2n) is 7.04. The molecule has 0 aromatic heterocycles. The lowest BCUT2D eigenvalue weighted by Gasteiger charge is -2.28. The fourth-order valence-electron chi connectivity index (χ4n) is 3.42. The molecule has 2 aromatic carbocycles. The van der Waals surface area contributed by atoms with E-state index in [4.69, 9.17) is 18.9 Å². The molecule has 1 amide bonds. The summed E-state index contributed by atoms with van der Waals surface area (Å²) in [6.07, 6.45) is -1.92. The zero-order valence-electron chi connectivity index (χ0n) is 18.0. The Morgan fingerprint density at radius 3 is 2.06 bits per heavy atom. The molecule has 0 spiro atoms. The van der Waals surface area contributed by atoms with E-state index < -0.39 is 11.7 Å². The van der Waals surface area contributed by atoms with E-state index >= 15 is 0 Å². The van der Waals surface area contributed by atoms with Gasteiger partial charge in [-0.25, -0.2) is 0 Å². The summed E-state index contributed by atoms with van der Waals surface area (Å²) in [5, 5.41) is 0. The number of rotatable bonds is 7. The molecule has 6 nitrogen and oxygen atoms in total. The average molecular weight is 451 g/mol. The molecule has 0 N–H and O–H groups in total. The first-order valence-electron chi connectivity index (χ1n) is 9.84. The third kappa shape index (κ3) is 5.27. The predicted octanol–water partition coefficient (Wildman–Crippen LogP) is 4.43. The lowest BCUT2D eigenvalue weighted by Crippen LogP contribution is -2.37. The average Bonchev–Trinajstić information content (AvgIpc) is 2.81. The van der Waals surface area contributed by atoms with E-state index in [2.05, 4.69) is 0 Å². The van der Waals surface area contributed by atoms with Gasteiger partial charge in [0.25, 0.3) is 5.91 Å². The van der Waals surface area contributed by atoms with Crippen molar-refractivity contribution >= 4 is 11.5 Å². The van der Waals surface area contributed by atoms with Crippen LogP contribution in [-0.4, -0.2) is 51.8 Å². The summed E-state index contributed by atoms with van der Waals surface area (Å²) in [5.74, 6) is 1.77. The highest BCUT2D eigenvalue weighted by Crippen LogP contribution is 2.40. The maximum Gasteiger partial charge on any atom is 0.416 e. The molecular formula is C23H24F3NO5. The summed E-state index contributed by atoms with van der Waals surface area (Å²) < 4.78 is 59.6. The lowest BCUT2D eigenvalue weighted by atomic mass is 9.97. The van der Waals surface area contributed by atoms with Crippen LogP contribution in [0.1, 0.15) is 17.5 Å². The Kier molecular flexibility index (Phi) is 7.17. The Morgan fingerprint density at radius 1 is 0.969 bits per heavy atom. The van der Waals surface area contributed by atoms with Gasteiger partial charge in [-0.15, -0.1) is 0 Å². The third-order valence-electron chi connectivity index (χ3n) is 5.14. The molecule has 9 heteroatoms. The van der Waals surface area contributed by atoms with Crippen molar-refractivity contribution in [1.29, 1.82) is 0 Å². The minimum absolute atomic E-state index is 0.201. The van der Waals surface area contributed by atoms with Crippen LogP contribution in [0.4, 0.5) is 13.2 Å². The number of ether oxygens (including phenoxy) is 4. The molecular weight excluding hydrogens is 427 g/mol. The first kappa shape index (κ1) is 23.3. The van der Waals surface area contributed by atoms with E-state index in [1.54, 1.807) is 38.4 Å². The van der Waals surface area contributed by atoms with Gasteiger partial charge >= 0.3 is 6.18 Å². The van der Waals surface area contributed by atoms with E-state index in [0.717, 1.165) is 23.3 Å². The predicted molar refractivity (Wildman–Crippen MR) is 112 cm³/mol. The second kappa shape index (κ2) is 9.84. The van der Waals surface area contributed by atoms with Crippen LogP contribution in [-0.2, 0) is 11.0 Å². The molecule has 3 rings (SSSR count). The Labute approximate surface area is 184 Å². The standard InChI is InChI=1S/C23H24F3NO5/c1-29-18-12-19(30-2)22(20(13-18)31-3)15-8-10-27(11-9-15)21(28)14-32-17-6-4-16(5-7-17)23(24,25)26/h4-8,12-13H,9-11,14H2,1-3H3. The molecule has 0 saturated carbocycles. The summed E-state index contributed by atoms with van der Waals surface area (Å²) in [6, 6.07) is 7.79. The maximum absolute atomic E-state index is 12.6. The van der Waals surface area contributed by atoms with Gasteiger partial charge < -0.3 is 23.8 Å². The van der Waals surface area contributed by atoms with E-state index in [1.807, 2.05) is 6.08 Å². The van der Waals surface area contributed by atoms with Gasteiger partial charge in [-0.2, -0.15) is 13.2 Å². The second-order valence-corrected chi connectivity index (χ2v) is 7.04. The molecule has 0 aliphatic carbocycles. The van der Waals surface area contributed by atoms with Gasteiger partial charge in [0.1, 0.15) is 23.0 Å². The number of alkyl halides is 3. The SMILES string of the molecule is COc1cc(OC)c(C2=CCN(C(=O)COc3ccc(C(F)(F)F)cc3)CC2)c(OC)c1. The Bertz CT molecular complexity index is 961. The highest BCUT2D eigenvalue weighted by atomic mass is 19.4. The quantitative estimate of drug-likeness (QED) is 0.624. The van der Waals surface area contributed by atoms with E-state index in [1.165, 1.54) is 12.1 Å². The summed E-state index contributed by atoms with van der Waals surface area (Å²) in [5.41, 5.74) is 1.02. The van der Waals surface area contributed by atoms with Gasteiger partial charge in [0.15, 0.2) is 6.61 Å². The molecule has 0 fully saturated rings. The Morgan fingerprint density at radius 2 is 1.59 bits per heavy atom. The number of carbonyl (C=O) groups excluding carboxylic acids is 1. The Hall–Kier alpha value is -3.36. The monoisotopic (exact) mass is 451 g/mol. The van der Waals surface area contributed by atoms with E-state index in [-0.39, 0.29) is 18.3 Å². The maximum atomic E-state index is 12.6. The molecule has 0 saturated heterocycles. The van der Waals surface area contributed by atoms with Gasteiger partial charge in [-0.05, 0) is 36.3 Å². The number of nitrogens with zero attached hydrogens (tertiary/aromatic N) is 1. The number of halogens is 3. The zero-order valence-corrected chi connectivity index (χ0v) is 18.0. The van der Waals surface area contributed by atoms with Crippen LogP contribution in [0.5, 0.6) is 23.0 Å². The fourth-order valence-corrected chi connectivity index (χ4v) is 3.42. The van der Waals surface area contributed by atoms with Gasteiger partial charge in [-0.1, -0.05) is 6.08 Å². The minimum atomic E-state index is -4.42. The summed E-state index contributed by atoms with van der Waals surface area (Å²) in [6.45, 7) is 0.561. The largest absolute Gasteiger partial charge is 0.496 e. The Balaban J connectivity index is 1.65. The van der Waals surface area contributed by atoms with Crippen LogP contribution < -0.4 is 18.9 Å². The molecule has 1 aliphatic heterocycles. The van der Waals surface area contributed by atoms with Crippen molar-refractivity contribution in [3.8, 4) is 23.0 Å². The first-order chi connectivity index (χ1) is 15.3. The van der Waals surface area contributed by atoms with Crippen molar-refractivity contribution < 1.29 is 36.9 Å².